The summed E-state index contributed by atoms with van der Waals surface area (Å²) in [5, 5.41) is 69.1. The van der Waals surface area contributed by atoms with Crippen molar-refractivity contribution in [3.63, 3.8) is 0 Å². The molecular formula is C78H84BrClO15S. The number of fused-ring (bicyclic) bond motifs is 4. The fraction of sp³-hybridized carbons (Fsp3) is 0.256. The molecule has 7 N–H and O–H groups in total. The number of hydrogen-bond donors (Lipinski definition) is 7. The Labute approximate surface area is 577 Å². The van der Waals surface area contributed by atoms with Crippen molar-refractivity contribution in [2.75, 3.05) is 13.2 Å². The van der Waals surface area contributed by atoms with Crippen LogP contribution in [0, 0.1) is 30.6 Å². The van der Waals surface area contributed by atoms with Crippen molar-refractivity contribution in [3.05, 3.63) is 226 Å². The van der Waals surface area contributed by atoms with Crippen LogP contribution in [0.15, 0.2) is 186 Å². The molecule has 506 valence electrons. The van der Waals surface area contributed by atoms with Gasteiger partial charge in [0.2, 0.25) is 10.9 Å². The molecule has 15 nitrogen and oxygen atoms in total. The Bertz CT molecular complexity index is 4230. The van der Waals surface area contributed by atoms with E-state index >= 15 is 0 Å². The van der Waals surface area contributed by atoms with Gasteiger partial charge in [0.05, 0.1) is 16.1 Å². The number of benzene rings is 7. The zero-order valence-corrected chi connectivity index (χ0v) is 59.3. The van der Waals surface area contributed by atoms with Crippen LogP contribution >= 0.6 is 38.9 Å². The molecule has 1 aliphatic heterocycles. The molecule has 0 saturated carbocycles. The molecule has 1 aliphatic carbocycles. The average Bonchev–Trinajstić information content (AvgIpc) is 1.03. The lowest BCUT2D eigenvalue weighted by Gasteiger charge is -2.19. The second-order valence-electron chi connectivity index (χ2n) is 24.9. The van der Waals surface area contributed by atoms with E-state index in [1.807, 2.05) is 48.7 Å². The fourth-order valence-electron chi connectivity index (χ4n) is 8.44. The summed E-state index contributed by atoms with van der Waals surface area (Å²) in [7, 11) is 0. The zero-order valence-electron chi connectivity index (χ0n) is 56.2. The van der Waals surface area contributed by atoms with Gasteiger partial charge in [0.1, 0.15) is 87.9 Å². The Morgan fingerprint density at radius 1 is 0.552 bits per heavy atom. The van der Waals surface area contributed by atoms with Crippen molar-refractivity contribution in [1.29, 1.82) is 0 Å². The lowest BCUT2D eigenvalue weighted by molar-refractivity contribution is 0.103. The number of Topliss-reactive ketones (excluding diaryl/α,β-unsaturated/α-hetero) is 1. The van der Waals surface area contributed by atoms with Crippen molar-refractivity contribution >= 4 is 84.5 Å². The number of ketones is 2. The van der Waals surface area contributed by atoms with Crippen LogP contribution < -0.4 is 20.3 Å². The maximum atomic E-state index is 12.4. The van der Waals surface area contributed by atoms with Gasteiger partial charge in [0, 0.05) is 67.7 Å². The number of rotatable bonds is 6. The van der Waals surface area contributed by atoms with Gasteiger partial charge < -0.3 is 54.1 Å². The molecule has 0 bridgehead atoms. The third kappa shape index (κ3) is 23.7. The first-order valence-corrected chi connectivity index (χ1v) is 33.1. The minimum Gasteiger partial charge on any atom is -0.508 e. The number of aryl methyl sites for hydroxylation is 1. The SMILES string of the molecule is CC(C)C.CC(C)C.CC(C)C.CC(C)C.Cc1ccc(-c2coc3cc(O)cc(O)c3c2=O)cc1.O=C(/C=C/c1cc(Cl)c2c(c1)OCCO2)c1ccc(O)cc1.O=C1/C(=C/c2cc(Br)cs2)Cc2c(O)cccc21.O=c1c(-c2ccc(O)cc2)coc2cc(O)cc(O)c12. The number of phenols is 7. The number of hydrogen-bond acceptors (Lipinski definition) is 16. The molecule has 0 atom stereocenters. The molecule has 0 fully saturated rings. The highest BCUT2D eigenvalue weighted by atomic mass is 79.9. The van der Waals surface area contributed by atoms with Crippen molar-refractivity contribution in [2.24, 2.45) is 23.7 Å². The third-order valence-electron chi connectivity index (χ3n) is 12.4. The summed E-state index contributed by atoms with van der Waals surface area (Å²) in [6.45, 7) is 28.9. The second-order valence-corrected chi connectivity index (χ2v) is 27.2. The van der Waals surface area contributed by atoms with E-state index in [2.05, 4.69) is 99.0 Å². The van der Waals surface area contributed by atoms with Crippen molar-refractivity contribution < 1.29 is 63.6 Å². The van der Waals surface area contributed by atoms with Gasteiger partial charge in [-0.15, -0.1) is 11.3 Å². The highest BCUT2D eigenvalue weighted by molar-refractivity contribution is 9.10. The normalized spacial score (nSPS) is 12.1. The number of halogens is 2. The summed E-state index contributed by atoms with van der Waals surface area (Å²) in [4.78, 5) is 50.1. The van der Waals surface area contributed by atoms with Crippen LogP contribution in [-0.4, -0.2) is 60.5 Å². The Hall–Kier alpha value is -9.55. The number of phenolic OH excluding ortho intramolecular Hbond substituents is 7. The van der Waals surface area contributed by atoms with Gasteiger partial charge in [-0.25, -0.2) is 0 Å². The molecule has 96 heavy (non-hydrogen) atoms. The molecule has 4 heterocycles. The van der Waals surface area contributed by atoms with Crippen LogP contribution in [0.2, 0.25) is 5.02 Å². The fourth-order valence-corrected chi connectivity index (χ4v) is 10.1. The maximum Gasteiger partial charge on any atom is 0.204 e. The Morgan fingerprint density at radius 2 is 1.02 bits per heavy atom. The molecule has 18 heteroatoms. The van der Waals surface area contributed by atoms with Crippen molar-refractivity contribution in [1.82, 2.24) is 0 Å². The molecule has 2 aliphatic rings. The predicted octanol–water partition coefficient (Wildman–Crippen LogP) is 20.2. The van der Waals surface area contributed by atoms with Gasteiger partial charge in [-0.05, 0) is 136 Å². The number of carbonyl (C=O) groups is 2. The maximum absolute atomic E-state index is 12.4. The summed E-state index contributed by atoms with van der Waals surface area (Å²) in [6.07, 6.45) is 8.13. The predicted molar refractivity (Wildman–Crippen MR) is 391 cm³/mol. The van der Waals surface area contributed by atoms with E-state index in [0.29, 0.717) is 58.4 Å². The van der Waals surface area contributed by atoms with Crippen LogP contribution in [0.25, 0.3) is 56.3 Å². The lowest BCUT2D eigenvalue weighted by Crippen LogP contribution is -2.15. The van der Waals surface area contributed by atoms with E-state index in [9.17, 15) is 54.9 Å². The molecule has 10 aromatic rings. The van der Waals surface area contributed by atoms with Crippen molar-refractivity contribution in [3.8, 4) is 74.0 Å². The van der Waals surface area contributed by atoms with Gasteiger partial charge in [-0.1, -0.05) is 155 Å². The molecule has 3 aromatic heterocycles. The molecule has 7 aromatic carbocycles. The van der Waals surface area contributed by atoms with Gasteiger partial charge in [0.15, 0.2) is 23.1 Å². The van der Waals surface area contributed by atoms with Crippen LogP contribution in [0.5, 0.6) is 51.7 Å². The van der Waals surface area contributed by atoms with Crippen LogP contribution in [0.4, 0.5) is 0 Å². The largest absolute Gasteiger partial charge is 0.508 e. The minimum absolute atomic E-state index is 0.00775. The van der Waals surface area contributed by atoms with Gasteiger partial charge in [-0.2, -0.15) is 0 Å². The molecule has 0 spiro atoms. The summed E-state index contributed by atoms with van der Waals surface area (Å²) in [5.41, 5.74) is 5.88. The number of aromatic hydroxyl groups is 7. The minimum atomic E-state index is -0.408. The van der Waals surface area contributed by atoms with E-state index in [0.717, 1.165) is 73.0 Å². The number of carbonyl (C=O) groups excluding carboxylic acids is 2. The smallest absolute Gasteiger partial charge is 0.204 e. The summed E-state index contributed by atoms with van der Waals surface area (Å²) in [6, 6.07) is 34.9. The van der Waals surface area contributed by atoms with Crippen LogP contribution in [-0.2, 0) is 6.42 Å². The Morgan fingerprint density at radius 3 is 1.49 bits per heavy atom. The van der Waals surface area contributed by atoms with E-state index < -0.39 is 5.43 Å². The highest BCUT2D eigenvalue weighted by Crippen LogP contribution is 2.39. The summed E-state index contributed by atoms with van der Waals surface area (Å²) < 4.78 is 22.6. The lowest BCUT2D eigenvalue weighted by atomic mass is 10.0. The topological polar surface area (TPSA) is 255 Å². The van der Waals surface area contributed by atoms with Gasteiger partial charge in [-0.3, -0.25) is 19.2 Å². The van der Waals surface area contributed by atoms with Gasteiger partial charge in [0.25, 0.3) is 0 Å². The molecule has 0 amide bonds. The number of allylic oxidation sites excluding steroid dienone is 2. The van der Waals surface area contributed by atoms with E-state index in [-0.39, 0.29) is 84.7 Å². The average molecular weight is 1410 g/mol. The Balaban J connectivity index is 0.000000215. The molecule has 0 saturated heterocycles. The van der Waals surface area contributed by atoms with E-state index in [1.54, 1.807) is 72.0 Å². The molecule has 0 unspecified atom stereocenters. The summed E-state index contributed by atoms with van der Waals surface area (Å²) >= 11 is 11.1. The zero-order chi connectivity index (χ0) is 71.1. The monoisotopic (exact) mass is 1410 g/mol. The van der Waals surface area contributed by atoms with E-state index in [4.69, 9.17) is 29.9 Å². The Kier molecular flexibility index (Phi) is 29.7. The first-order valence-electron chi connectivity index (χ1n) is 31.1. The molecule has 12 rings (SSSR count). The highest BCUT2D eigenvalue weighted by Gasteiger charge is 2.27. The third-order valence-corrected chi connectivity index (χ3v) is 14.3. The number of thiophene rings is 1. The molecule has 0 radical (unpaired) electrons. The van der Waals surface area contributed by atoms with E-state index in [1.165, 1.54) is 55.0 Å². The number of ether oxygens (including phenoxy) is 2. The molecular weight excluding hydrogens is 1320 g/mol. The first kappa shape index (κ1) is 77.2. The van der Waals surface area contributed by atoms with Gasteiger partial charge >= 0.3 is 0 Å². The summed E-state index contributed by atoms with van der Waals surface area (Å²) in [5.74, 6) is 3.76. The standard InChI is InChI=1S/C17H13ClO4.C16H12O4.C15H10O5.C14H9BrO2S.4C4H10/c18-14-9-11(10-16-17(14)22-8-7-21-16)1-6-15(20)12-2-4-13(19)5-3-12;1-9-2-4-10(5-3-9)12-8-20-14-7-11(17)6-13(18)15(14)16(12)19;16-9-3-1-8(2-4-9)11-7-20-13-6-10(17)5-12(18)14(13)15(11)19;15-9-6-10(18-7-9)4-8-5-12-11(14(8)17)2-1-3-13(12)16;4*1-4(2)3/h1-6,9-10,19H,7-8H2;2-8,17-18H,1H3;1-7,16-18H;1-4,6-7,16H,5H2;4*4H,1-3H3/b6-1+;;;8-4+;;;;. The van der Waals surface area contributed by atoms with Crippen LogP contribution in [0.3, 0.4) is 0 Å². The second kappa shape index (κ2) is 36.9. The first-order chi connectivity index (χ1) is 45.3. The quantitative estimate of drug-likeness (QED) is 0.0604. The van der Waals surface area contributed by atoms with Crippen LogP contribution in [0.1, 0.15) is 125 Å². The van der Waals surface area contributed by atoms with Crippen molar-refractivity contribution in [2.45, 2.75) is 96.4 Å².